The predicted molar refractivity (Wildman–Crippen MR) is 94.8 cm³/mol. The molecule has 0 bridgehead atoms. The standard InChI is InChI=1S/C18H23N3OS/c1-3-13-6-8-14(9-7-13)17-16(20-12(2)23-17)18(22)21-10-4-5-15(19)11-21/h6-9,15H,3-5,10-11,19H2,1-2H3. The molecular weight excluding hydrogens is 306 g/mol. The Morgan fingerprint density at radius 3 is 2.78 bits per heavy atom. The largest absolute Gasteiger partial charge is 0.336 e. The molecule has 4 nitrogen and oxygen atoms in total. The number of hydrogen-bond donors (Lipinski definition) is 1. The summed E-state index contributed by atoms with van der Waals surface area (Å²) in [6, 6.07) is 8.50. The number of thiazole rings is 1. The Labute approximate surface area is 141 Å². The van der Waals surface area contributed by atoms with Crippen LogP contribution in [0.15, 0.2) is 24.3 Å². The Morgan fingerprint density at radius 1 is 1.39 bits per heavy atom. The van der Waals surface area contributed by atoms with Gasteiger partial charge in [-0.3, -0.25) is 4.79 Å². The second kappa shape index (κ2) is 6.81. The summed E-state index contributed by atoms with van der Waals surface area (Å²) < 4.78 is 0. The molecule has 122 valence electrons. The molecule has 3 rings (SSSR count). The molecule has 2 heterocycles. The van der Waals surface area contributed by atoms with Gasteiger partial charge in [-0.05, 0) is 37.3 Å². The van der Waals surface area contributed by atoms with Crippen LogP contribution < -0.4 is 5.73 Å². The second-order valence-electron chi connectivity index (χ2n) is 6.11. The Morgan fingerprint density at radius 2 is 2.13 bits per heavy atom. The van der Waals surface area contributed by atoms with E-state index >= 15 is 0 Å². The lowest BCUT2D eigenvalue weighted by atomic mass is 10.0. The normalized spacial score (nSPS) is 18.2. The van der Waals surface area contributed by atoms with Crippen molar-refractivity contribution in [1.29, 1.82) is 0 Å². The molecule has 1 aliphatic heterocycles. The minimum Gasteiger partial charge on any atom is -0.336 e. The number of hydrogen-bond acceptors (Lipinski definition) is 4. The van der Waals surface area contributed by atoms with E-state index in [0.717, 1.165) is 41.3 Å². The quantitative estimate of drug-likeness (QED) is 0.940. The van der Waals surface area contributed by atoms with Crippen LogP contribution in [0.3, 0.4) is 0 Å². The maximum atomic E-state index is 12.9. The van der Waals surface area contributed by atoms with Gasteiger partial charge in [0, 0.05) is 19.1 Å². The highest BCUT2D eigenvalue weighted by atomic mass is 32.1. The summed E-state index contributed by atoms with van der Waals surface area (Å²) in [6.45, 7) is 5.49. The number of benzene rings is 1. The van der Waals surface area contributed by atoms with Crippen LogP contribution in [0, 0.1) is 6.92 Å². The van der Waals surface area contributed by atoms with Gasteiger partial charge in [0.2, 0.25) is 0 Å². The second-order valence-corrected chi connectivity index (χ2v) is 7.32. The van der Waals surface area contributed by atoms with Crippen molar-refractivity contribution < 1.29 is 4.79 Å². The molecule has 1 aromatic carbocycles. The first-order valence-electron chi connectivity index (χ1n) is 8.20. The molecular formula is C18H23N3OS. The molecule has 1 saturated heterocycles. The average Bonchev–Trinajstić information content (AvgIpc) is 2.96. The van der Waals surface area contributed by atoms with Gasteiger partial charge in [-0.15, -0.1) is 11.3 Å². The first kappa shape index (κ1) is 16.1. The van der Waals surface area contributed by atoms with E-state index in [0.29, 0.717) is 12.2 Å². The number of carbonyl (C=O) groups is 1. The number of carbonyl (C=O) groups excluding carboxylic acids is 1. The van der Waals surface area contributed by atoms with Crippen molar-refractivity contribution in [3.63, 3.8) is 0 Å². The zero-order valence-electron chi connectivity index (χ0n) is 13.7. The van der Waals surface area contributed by atoms with Crippen LogP contribution in [0.25, 0.3) is 10.4 Å². The van der Waals surface area contributed by atoms with Crippen molar-refractivity contribution >= 4 is 17.2 Å². The van der Waals surface area contributed by atoms with E-state index in [-0.39, 0.29) is 11.9 Å². The fourth-order valence-corrected chi connectivity index (χ4v) is 3.92. The van der Waals surface area contributed by atoms with E-state index in [4.69, 9.17) is 5.73 Å². The summed E-state index contributed by atoms with van der Waals surface area (Å²) in [5.41, 5.74) is 8.95. The van der Waals surface area contributed by atoms with Crippen molar-refractivity contribution in [2.75, 3.05) is 13.1 Å². The molecule has 2 aromatic rings. The number of nitrogens with zero attached hydrogens (tertiary/aromatic N) is 2. The van der Waals surface area contributed by atoms with Gasteiger partial charge in [0.15, 0.2) is 0 Å². The van der Waals surface area contributed by atoms with Crippen molar-refractivity contribution in [2.45, 2.75) is 39.2 Å². The van der Waals surface area contributed by atoms with Crippen molar-refractivity contribution in [2.24, 2.45) is 5.73 Å². The third-order valence-electron chi connectivity index (χ3n) is 4.31. The van der Waals surface area contributed by atoms with Gasteiger partial charge < -0.3 is 10.6 Å². The van der Waals surface area contributed by atoms with Gasteiger partial charge in [0.1, 0.15) is 5.69 Å². The molecule has 1 unspecified atom stereocenters. The third-order valence-corrected chi connectivity index (χ3v) is 5.33. The number of amides is 1. The van der Waals surface area contributed by atoms with Crippen LogP contribution in [0.2, 0.25) is 0 Å². The van der Waals surface area contributed by atoms with Gasteiger partial charge in [0.25, 0.3) is 5.91 Å². The third kappa shape index (κ3) is 3.46. The number of rotatable bonds is 3. The monoisotopic (exact) mass is 329 g/mol. The summed E-state index contributed by atoms with van der Waals surface area (Å²) in [5.74, 6) is 0.0130. The number of nitrogens with two attached hydrogens (primary N) is 1. The first-order chi connectivity index (χ1) is 11.1. The smallest absolute Gasteiger partial charge is 0.274 e. The molecule has 1 aromatic heterocycles. The zero-order chi connectivity index (χ0) is 16.4. The molecule has 1 atom stereocenters. The van der Waals surface area contributed by atoms with Gasteiger partial charge in [-0.25, -0.2) is 4.98 Å². The summed E-state index contributed by atoms with van der Waals surface area (Å²) >= 11 is 1.58. The highest BCUT2D eigenvalue weighted by Gasteiger charge is 2.27. The van der Waals surface area contributed by atoms with E-state index in [1.807, 2.05) is 11.8 Å². The lowest BCUT2D eigenvalue weighted by Crippen LogP contribution is -2.45. The van der Waals surface area contributed by atoms with E-state index in [1.54, 1.807) is 11.3 Å². The van der Waals surface area contributed by atoms with Crippen molar-refractivity contribution in [3.05, 3.63) is 40.5 Å². The molecule has 1 aliphatic rings. The zero-order valence-corrected chi connectivity index (χ0v) is 14.5. The number of piperidine rings is 1. The molecule has 1 amide bonds. The van der Waals surface area contributed by atoms with E-state index < -0.39 is 0 Å². The molecule has 0 aliphatic carbocycles. The van der Waals surface area contributed by atoms with E-state index in [2.05, 4.69) is 36.2 Å². The Balaban J connectivity index is 1.91. The molecule has 23 heavy (non-hydrogen) atoms. The summed E-state index contributed by atoms with van der Waals surface area (Å²) in [6.07, 6.45) is 2.97. The van der Waals surface area contributed by atoms with Crippen LogP contribution in [0.1, 0.15) is 40.8 Å². The maximum Gasteiger partial charge on any atom is 0.274 e. The van der Waals surface area contributed by atoms with Crippen LogP contribution in [0.5, 0.6) is 0 Å². The SMILES string of the molecule is CCc1ccc(-c2sc(C)nc2C(=O)N2CCCC(N)C2)cc1. The summed E-state index contributed by atoms with van der Waals surface area (Å²) in [7, 11) is 0. The van der Waals surface area contributed by atoms with Crippen LogP contribution in [-0.2, 0) is 6.42 Å². The molecule has 0 saturated carbocycles. The minimum atomic E-state index is 0.0130. The maximum absolute atomic E-state index is 12.9. The number of aryl methyl sites for hydroxylation is 2. The average molecular weight is 329 g/mol. The molecule has 5 heteroatoms. The lowest BCUT2D eigenvalue weighted by molar-refractivity contribution is 0.0704. The fourth-order valence-electron chi connectivity index (χ4n) is 3.00. The Kier molecular flexibility index (Phi) is 4.78. The van der Waals surface area contributed by atoms with Crippen LogP contribution in [-0.4, -0.2) is 34.9 Å². The molecule has 1 fully saturated rings. The Hall–Kier alpha value is -1.72. The van der Waals surface area contributed by atoms with Crippen molar-refractivity contribution in [1.82, 2.24) is 9.88 Å². The highest BCUT2D eigenvalue weighted by molar-refractivity contribution is 7.15. The first-order valence-corrected chi connectivity index (χ1v) is 9.01. The predicted octanol–water partition coefficient (Wildman–Crippen LogP) is 3.24. The lowest BCUT2D eigenvalue weighted by Gasteiger charge is -2.30. The number of likely N-dealkylation sites (tertiary alicyclic amines) is 1. The van der Waals surface area contributed by atoms with Gasteiger partial charge in [-0.1, -0.05) is 31.2 Å². The summed E-state index contributed by atoms with van der Waals surface area (Å²) in [4.78, 5) is 20.2. The van der Waals surface area contributed by atoms with E-state index in [1.165, 1.54) is 5.56 Å². The molecule has 2 N–H and O–H groups in total. The van der Waals surface area contributed by atoms with Gasteiger partial charge >= 0.3 is 0 Å². The van der Waals surface area contributed by atoms with Crippen LogP contribution >= 0.6 is 11.3 Å². The topological polar surface area (TPSA) is 59.2 Å². The van der Waals surface area contributed by atoms with E-state index in [9.17, 15) is 4.79 Å². The molecule has 0 spiro atoms. The van der Waals surface area contributed by atoms with Crippen LogP contribution in [0.4, 0.5) is 0 Å². The molecule has 0 radical (unpaired) electrons. The fraction of sp³-hybridized carbons (Fsp3) is 0.444. The minimum absolute atomic E-state index is 0.0130. The van der Waals surface area contributed by atoms with Crippen molar-refractivity contribution in [3.8, 4) is 10.4 Å². The van der Waals surface area contributed by atoms with Gasteiger partial charge in [-0.2, -0.15) is 0 Å². The number of aromatic nitrogens is 1. The summed E-state index contributed by atoms with van der Waals surface area (Å²) in [5, 5.41) is 0.921. The van der Waals surface area contributed by atoms with Gasteiger partial charge in [0.05, 0.1) is 9.88 Å². The Bertz CT molecular complexity index is 693. The highest BCUT2D eigenvalue weighted by Crippen LogP contribution is 2.31.